The fourth-order valence-corrected chi connectivity index (χ4v) is 2.47. The average Bonchev–Trinajstić information content (AvgIpc) is 3.26. The first kappa shape index (κ1) is 19.2. The summed E-state index contributed by atoms with van der Waals surface area (Å²) in [6.07, 6.45) is 3.85. The smallest absolute Gasteiger partial charge is 0.291 e. The van der Waals surface area contributed by atoms with Gasteiger partial charge in [0, 0.05) is 43.7 Å². The molecule has 1 aromatic carbocycles. The molecule has 2 amide bonds. The number of rotatable bonds is 8. The third-order valence-electron chi connectivity index (χ3n) is 4.05. The summed E-state index contributed by atoms with van der Waals surface area (Å²) in [5.74, 6) is 0.216. The van der Waals surface area contributed by atoms with E-state index in [1.807, 2.05) is 18.2 Å². The Morgan fingerprint density at radius 3 is 2.79 bits per heavy atom. The highest BCUT2D eigenvalue weighted by Gasteiger charge is 2.12. The van der Waals surface area contributed by atoms with E-state index in [-0.39, 0.29) is 24.2 Å². The van der Waals surface area contributed by atoms with Crippen LogP contribution in [0, 0.1) is 0 Å². The van der Waals surface area contributed by atoms with Crippen LogP contribution in [-0.2, 0) is 11.2 Å². The molecule has 0 aliphatic heterocycles. The summed E-state index contributed by atoms with van der Waals surface area (Å²) < 4.78 is 10.6. The first-order valence-electron chi connectivity index (χ1n) is 8.83. The lowest BCUT2D eigenvalue weighted by atomic mass is 10.2. The number of furan rings is 1. The monoisotopic (exact) mass is 379 g/mol. The van der Waals surface area contributed by atoms with E-state index < -0.39 is 0 Å². The zero-order valence-corrected chi connectivity index (χ0v) is 15.5. The van der Waals surface area contributed by atoms with Gasteiger partial charge in [-0.25, -0.2) is 0 Å². The van der Waals surface area contributed by atoms with Crippen LogP contribution >= 0.6 is 0 Å². The minimum Gasteiger partial charge on any atom is -0.484 e. The Morgan fingerprint density at radius 1 is 1.14 bits per heavy atom. The van der Waals surface area contributed by atoms with Gasteiger partial charge < -0.3 is 19.4 Å². The second-order valence-electron chi connectivity index (χ2n) is 6.13. The standard InChI is InChI=1S/C21H21N3O4/c1-24(12-10-16-6-2-3-11-22-16)20(25)15-28-18-8-4-7-17(14-18)23-21(26)19-9-5-13-27-19/h2-9,11,13-14H,10,12,15H2,1H3,(H,23,26). The van der Waals surface area contributed by atoms with Crippen LogP contribution in [0.25, 0.3) is 0 Å². The number of carbonyl (C=O) groups excluding carboxylic acids is 2. The Labute approximate surface area is 162 Å². The van der Waals surface area contributed by atoms with Crippen LogP contribution in [0.3, 0.4) is 0 Å². The molecule has 0 fully saturated rings. The van der Waals surface area contributed by atoms with Gasteiger partial charge >= 0.3 is 0 Å². The van der Waals surface area contributed by atoms with Crippen molar-refractivity contribution in [3.05, 3.63) is 78.5 Å². The molecule has 3 aromatic rings. The molecule has 1 N–H and O–H groups in total. The number of nitrogens with zero attached hydrogens (tertiary/aromatic N) is 2. The van der Waals surface area contributed by atoms with E-state index in [9.17, 15) is 9.59 Å². The van der Waals surface area contributed by atoms with E-state index in [4.69, 9.17) is 9.15 Å². The molecule has 0 aliphatic carbocycles. The molecule has 0 spiro atoms. The summed E-state index contributed by atoms with van der Waals surface area (Å²) in [4.78, 5) is 30.1. The van der Waals surface area contributed by atoms with E-state index in [0.29, 0.717) is 24.4 Å². The van der Waals surface area contributed by atoms with Gasteiger partial charge in [0.05, 0.1) is 6.26 Å². The number of amides is 2. The molecule has 2 aromatic heterocycles. The maximum Gasteiger partial charge on any atom is 0.291 e. The van der Waals surface area contributed by atoms with Gasteiger partial charge in [0.2, 0.25) is 0 Å². The SMILES string of the molecule is CN(CCc1ccccn1)C(=O)COc1cccc(NC(=O)c2ccco2)c1. The molecule has 0 aliphatic rings. The van der Waals surface area contributed by atoms with Gasteiger partial charge in [0.15, 0.2) is 12.4 Å². The molecule has 7 nitrogen and oxygen atoms in total. The molecule has 144 valence electrons. The summed E-state index contributed by atoms with van der Waals surface area (Å²) in [5.41, 5.74) is 1.48. The van der Waals surface area contributed by atoms with Crippen molar-refractivity contribution < 1.29 is 18.7 Å². The van der Waals surface area contributed by atoms with E-state index >= 15 is 0 Å². The Bertz CT molecular complexity index is 910. The fourth-order valence-electron chi connectivity index (χ4n) is 2.47. The molecular weight excluding hydrogens is 358 g/mol. The Balaban J connectivity index is 1.48. The first-order valence-corrected chi connectivity index (χ1v) is 8.83. The van der Waals surface area contributed by atoms with E-state index in [1.165, 1.54) is 6.26 Å². The van der Waals surface area contributed by atoms with Gasteiger partial charge in [-0.1, -0.05) is 12.1 Å². The summed E-state index contributed by atoms with van der Waals surface area (Å²) in [6.45, 7) is 0.465. The van der Waals surface area contributed by atoms with Crippen molar-refractivity contribution in [2.75, 3.05) is 25.5 Å². The number of anilines is 1. The quantitative estimate of drug-likeness (QED) is 0.650. The van der Waals surface area contributed by atoms with Gasteiger partial charge in [0.1, 0.15) is 5.75 Å². The van der Waals surface area contributed by atoms with Crippen molar-refractivity contribution in [1.29, 1.82) is 0 Å². The summed E-state index contributed by atoms with van der Waals surface area (Å²) in [7, 11) is 1.73. The van der Waals surface area contributed by atoms with Crippen LogP contribution in [0.2, 0.25) is 0 Å². The largest absolute Gasteiger partial charge is 0.484 e. The maximum absolute atomic E-state index is 12.3. The number of likely N-dealkylation sites (N-methyl/N-ethyl adjacent to an activating group) is 1. The van der Waals surface area contributed by atoms with Gasteiger partial charge in [0.25, 0.3) is 11.8 Å². The topological polar surface area (TPSA) is 84.7 Å². The van der Waals surface area contributed by atoms with Gasteiger partial charge in [-0.2, -0.15) is 0 Å². The van der Waals surface area contributed by atoms with Crippen molar-refractivity contribution in [2.24, 2.45) is 0 Å². The Morgan fingerprint density at radius 2 is 2.04 bits per heavy atom. The third-order valence-corrected chi connectivity index (χ3v) is 4.05. The molecule has 0 radical (unpaired) electrons. The molecular formula is C21H21N3O4. The lowest BCUT2D eigenvalue weighted by Crippen LogP contribution is -2.33. The molecule has 0 bridgehead atoms. The van der Waals surface area contributed by atoms with Crippen molar-refractivity contribution in [2.45, 2.75) is 6.42 Å². The Kier molecular flexibility index (Phi) is 6.41. The average molecular weight is 379 g/mol. The van der Waals surface area contributed by atoms with Crippen molar-refractivity contribution >= 4 is 17.5 Å². The van der Waals surface area contributed by atoms with E-state index in [1.54, 1.807) is 54.5 Å². The molecule has 0 atom stereocenters. The lowest BCUT2D eigenvalue weighted by Gasteiger charge is -2.17. The fraction of sp³-hybridized carbons (Fsp3) is 0.190. The van der Waals surface area contributed by atoms with Gasteiger partial charge in [-0.3, -0.25) is 14.6 Å². The number of aromatic nitrogens is 1. The summed E-state index contributed by atoms with van der Waals surface area (Å²) in [5, 5.41) is 2.72. The second-order valence-corrected chi connectivity index (χ2v) is 6.13. The first-order chi connectivity index (χ1) is 13.6. The zero-order valence-electron chi connectivity index (χ0n) is 15.5. The molecule has 2 heterocycles. The van der Waals surface area contributed by atoms with Crippen molar-refractivity contribution in [3.8, 4) is 5.75 Å². The third kappa shape index (κ3) is 5.44. The van der Waals surface area contributed by atoms with Crippen LogP contribution in [0.5, 0.6) is 5.75 Å². The molecule has 0 saturated carbocycles. The molecule has 3 rings (SSSR count). The van der Waals surface area contributed by atoms with E-state index in [2.05, 4.69) is 10.3 Å². The zero-order chi connectivity index (χ0) is 19.8. The highest BCUT2D eigenvalue weighted by molar-refractivity contribution is 6.02. The number of pyridine rings is 1. The number of benzene rings is 1. The van der Waals surface area contributed by atoms with Crippen LogP contribution < -0.4 is 10.1 Å². The number of hydrogen-bond acceptors (Lipinski definition) is 5. The van der Waals surface area contributed by atoms with Gasteiger partial charge in [-0.15, -0.1) is 0 Å². The minimum atomic E-state index is -0.354. The minimum absolute atomic E-state index is 0.0890. The number of ether oxygens (including phenoxy) is 1. The Hall–Kier alpha value is -3.61. The van der Waals surface area contributed by atoms with Gasteiger partial charge in [-0.05, 0) is 36.4 Å². The normalized spacial score (nSPS) is 10.3. The molecule has 28 heavy (non-hydrogen) atoms. The predicted octanol–water partition coefficient (Wildman–Crippen LogP) is 3.01. The second kappa shape index (κ2) is 9.36. The number of hydrogen-bond donors (Lipinski definition) is 1. The predicted molar refractivity (Wildman–Crippen MR) is 104 cm³/mol. The number of nitrogens with one attached hydrogen (secondary N) is 1. The molecule has 0 unspecified atom stereocenters. The van der Waals surface area contributed by atoms with Crippen molar-refractivity contribution in [3.63, 3.8) is 0 Å². The van der Waals surface area contributed by atoms with Crippen LogP contribution in [0.15, 0.2) is 71.5 Å². The van der Waals surface area contributed by atoms with Crippen LogP contribution in [0.4, 0.5) is 5.69 Å². The lowest BCUT2D eigenvalue weighted by molar-refractivity contribution is -0.132. The van der Waals surface area contributed by atoms with Crippen molar-refractivity contribution in [1.82, 2.24) is 9.88 Å². The number of carbonyl (C=O) groups is 2. The van der Waals surface area contributed by atoms with Crippen LogP contribution in [-0.4, -0.2) is 41.9 Å². The van der Waals surface area contributed by atoms with Crippen LogP contribution in [0.1, 0.15) is 16.2 Å². The highest BCUT2D eigenvalue weighted by Crippen LogP contribution is 2.18. The highest BCUT2D eigenvalue weighted by atomic mass is 16.5. The maximum atomic E-state index is 12.3. The molecule has 7 heteroatoms. The van der Waals surface area contributed by atoms with E-state index in [0.717, 1.165) is 5.69 Å². The summed E-state index contributed by atoms with van der Waals surface area (Å²) >= 11 is 0. The summed E-state index contributed by atoms with van der Waals surface area (Å²) in [6, 6.07) is 15.8. The molecule has 0 saturated heterocycles.